The van der Waals surface area contributed by atoms with E-state index in [0.29, 0.717) is 11.1 Å². The van der Waals surface area contributed by atoms with Gasteiger partial charge in [-0.05, 0) is 36.6 Å². The Hall–Kier alpha value is -2.95. The first-order valence-corrected chi connectivity index (χ1v) is 8.11. The molecule has 0 heterocycles. The summed E-state index contributed by atoms with van der Waals surface area (Å²) in [6.07, 6.45) is 3.52. The zero-order valence-corrected chi connectivity index (χ0v) is 13.5. The van der Waals surface area contributed by atoms with Gasteiger partial charge in [-0.15, -0.1) is 0 Å². The molecule has 0 bridgehead atoms. The van der Waals surface area contributed by atoms with E-state index in [1.807, 2.05) is 6.07 Å². The van der Waals surface area contributed by atoms with Crippen LogP contribution in [-0.2, 0) is 14.3 Å². The van der Waals surface area contributed by atoms with Gasteiger partial charge in [0.1, 0.15) is 5.82 Å². The van der Waals surface area contributed by atoms with E-state index in [1.54, 1.807) is 36.4 Å². The highest BCUT2D eigenvalue weighted by Gasteiger charge is 2.30. The minimum absolute atomic E-state index is 0.167. The topological polar surface area (TPSA) is 55.4 Å². The van der Waals surface area contributed by atoms with Crippen LogP contribution in [0.5, 0.6) is 0 Å². The minimum Gasteiger partial charge on any atom is -0.444 e. The predicted octanol–water partition coefficient (Wildman–Crippen LogP) is 3.40. The number of esters is 1. The molecule has 5 heteroatoms. The maximum absolute atomic E-state index is 13.2. The van der Waals surface area contributed by atoms with Crippen molar-refractivity contribution in [2.75, 3.05) is 0 Å². The molecule has 128 valence electrons. The summed E-state index contributed by atoms with van der Waals surface area (Å²) in [6.45, 7) is 0. The molecule has 2 aromatic carbocycles. The standard InChI is InChI=1S/C20H18FNO3/c21-16-8-4-5-14(13-16)9-12-18(23)25-19(15-6-2-1-3-7-15)20(24)22-17-10-11-17/h1-9,12-13,17,19H,10-11H2,(H,22,24)/b12-9+/t19-/m1/s1. The van der Waals surface area contributed by atoms with E-state index in [0.717, 1.165) is 12.8 Å². The Morgan fingerprint density at radius 3 is 2.56 bits per heavy atom. The van der Waals surface area contributed by atoms with Crippen LogP contribution >= 0.6 is 0 Å². The molecule has 1 aliphatic carbocycles. The van der Waals surface area contributed by atoms with Crippen LogP contribution in [0.15, 0.2) is 60.7 Å². The van der Waals surface area contributed by atoms with Crippen LogP contribution in [-0.4, -0.2) is 17.9 Å². The Morgan fingerprint density at radius 1 is 1.12 bits per heavy atom. The van der Waals surface area contributed by atoms with Crippen molar-refractivity contribution < 1.29 is 18.7 Å². The number of hydrogen-bond donors (Lipinski definition) is 1. The molecule has 3 rings (SSSR count). The lowest BCUT2D eigenvalue weighted by Gasteiger charge is -2.17. The fourth-order valence-electron chi connectivity index (χ4n) is 2.34. The van der Waals surface area contributed by atoms with Gasteiger partial charge < -0.3 is 10.1 Å². The molecule has 1 amide bonds. The van der Waals surface area contributed by atoms with Gasteiger partial charge >= 0.3 is 5.97 Å². The first-order chi connectivity index (χ1) is 12.1. The lowest BCUT2D eigenvalue weighted by Crippen LogP contribution is -2.33. The summed E-state index contributed by atoms with van der Waals surface area (Å²) in [7, 11) is 0. The average molecular weight is 339 g/mol. The van der Waals surface area contributed by atoms with Crippen LogP contribution in [0.3, 0.4) is 0 Å². The van der Waals surface area contributed by atoms with Gasteiger partial charge in [0.15, 0.2) is 0 Å². The number of benzene rings is 2. The van der Waals surface area contributed by atoms with Crippen molar-refractivity contribution in [3.05, 3.63) is 77.6 Å². The number of nitrogens with one attached hydrogen (secondary N) is 1. The van der Waals surface area contributed by atoms with Crippen LogP contribution in [0, 0.1) is 5.82 Å². The number of halogens is 1. The third kappa shape index (κ3) is 5.01. The van der Waals surface area contributed by atoms with Gasteiger partial charge in [0.2, 0.25) is 6.10 Å². The van der Waals surface area contributed by atoms with Crippen molar-refractivity contribution in [2.24, 2.45) is 0 Å². The van der Waals surface area contributed by atoms with Crippen LogP contribution in [0.1, 0.15) is 30.1 Å². The number of carbonyl (C=O) groups excluding carboxylic acids is 2. The van der Waals surface area contributed by atoms with E-state index in [9.17, 15) is 14.0 Å². The molecular weight excluding hydrogens is 321 g/mol. The van der Waals surface area contributed by atoms with Crippen molar-refractivity contribution >= 4 is 18.0 Å². The average Bonchev–Trinajstić information content (AvgIpc) is 3.42. The summed E-state index contributed by atoms with van der Waals surface area (Å²) in [6, 6.07) is 14.9. The molecule has 4 nitrogen and oxygen atoms in total. The molecule has 0 aliphatic heterocycles. The highest BCUT2D eigenvalue weighted by atomic mass is 19.1. The lowest BCUT2D eigenvalue weighted by atomic mass is 10.1. The Bertz CT molecular complexity index is 785. The fourth-order valence-corrected chi connectivity index (χ4v) is 2.34. The normalized spacial score (nSPS) is 14.9. The van der Waals surface area contributed by atoms with Crippen molar-refractivity contribution in [2.45, 2.75) is 25.0 Å². The lowest BCUT2D eigenvalue weighted by molar-refractivity contribution is -0.151. The molecule has 1 fully saturated rings. The summed E-state index contributed by atoms with van der Waals surface area (Å²) in [5, 5.41) is 2.85. The summed E-state index contributed by atoms with van der Waals surface area (Å²) < 4.78 is 18.5. The number of carbonyl (C=O) groups is 2. The van der Waals surface area contributed by atoms with Crippen LogP contribution in [0.4, 0.5) is 4.39 Å². The summed E-state index contributed by atoms with van der Waals surface area (Å²) in [4.78, 5) is 24.5. The SMILES string of the molecule is O=C(/C=C/c1cccc(F)c1)O[C@@H](C(=O)NC1CC1)c1ccccc1. The molecule has 1 aliphatic rings. The second kappa shape index (κ2) is 7.75. The van der Waals surface area contributed by atoms with Crippen LogP contribution in [0.2, 0.25) is 0 Å². The van der Waals surface area contributed by atoms with Gasteiger partial charge in [0.05, 0.1) is 0 Å². The highest BCUT2D eigenvalue weighted by Crippen LogP contribution is 2.23. The first kappa shape index (κ1) is 16.9. The molecule has 0 saturated heterocycles. The molecule has 0 spiro atoms. The van der Waals surface area contributed by atoms with E-state index in [1.165, 1.54) is 24.3 Å². The third-order valence-corrected chi connectivity index (χ3v) is 3.76. The van der Waals surface area contributed by atoms with Crippen molar-refractivity contribution in [1.29, 1.82) is 0 Å². The number of ether oxygens (including phenoxy) is 1. The van der Waals surface area contributed by atoms with E-state index >= 15 is 0 Å². The zero-order valence-electron chi connectivity index (χ0n) is 13.5. The maximum Gasteiger partial charge on any atom is 0.331 e. The van der Waals surface area contributed by atoms with E-state index < -0.39 is 12.1 Å². The van der Waals surface area contributed by atoms with Crippen LogP contribution < -0.4 is 5.32 Å². The predicted molar refractivity (Wildman–Crippen MR) is 91.9 cm³/mol. The van der Waals surface area contributed by atoms with Gasteiger partial charge in [-0.2, -0.15) is 0 Å². The monoisotopic (exact) mass is 339 g/mol. The quantitative estimate of drug-likeness (QED) is 0.648. The first-order valence-electron chi connectivity index (χ1n) is 8.11. The van der Waals surface area contributed by atoms with Crippen molar-refractivity contribution in [3.63, 3.8) is 0 Å². The van der Waals surface area contributed by atoms with E-state index in [-0.39, 0.29) is 17.8 Å². The van der Waals surface area contributed by atoms with Crippen LogP contribution in [0.25, 0.3) is 6.08 Å². The zero-order chi connectivity index (χ0) is 17.6. The Balaban J connectivity index is 1.70. The van der Waals surface area contributed by atoms with Gasteiger partial charge in [-0.1, -0.05) is 42.5 Å². The molecule has 0 radical (unpaired) electrons. The van der Waals surface area contributed by atoms with Crippen molar-refractivity contribution in [3.8, 4) is 0 Å². The summed E-state index contributed by atoms with van der Waals surface area (Å²) in [5.41, 5.74) is 1.14. The molecule has 2 aromatic rings. The smallest absolute Gasteiger partial charge is 0.331 e. The second-order valence-electron chi connectivity index (χ2n) is 5.90. The molecule has 0 unspecified atom stereocenters. The third-order valence-electron chi connectivity index (χ3n) is 3.76. The molecule has 1 atom stereocenters. The molecule has 25 heavy (non-hydrogen) atoms. The second-order valence-corrected chi connectivity index (χ2v) is 5.90. The van der Waals surface area contributed by atoms with Gasteiger partial charge in [-0.3, -0.25) is 4.79 Å². The fraction of sp³-hybridized carbons (Fsp3) is 0.200. The highest BCUT2D eigenvalue weighted by molar-refractivity contribution is 5.91. The Morgan fingerprint density at radius 2 is 1.88 bits per heavy atom. The van der Waals surface area contributed by atoms with E-state index in [2.05, 4.69) is 5.32 Å². The van der Waals surface area contributed by atoms with E-state index in [4.69, 9.17) is 4.74 Å². The largest absolute Gasteiger partial charge is 0.444 e. The molecular formula is C20H18FNO3. The minimum atomic E-state index is -1.01. The number of amides is 1. The number of rotatable bonds is 6. The number of hydrogen-bond acceptors (Lipinski definition) is 3. The molecule has 1 N–H and O–H groups in total. The van der Waals surface area contributed by atoms with Gasteiger partial charge in [0, 0.05) is 17.7 Å². The Labute approximate surface area is 145 Å². The molecule has 1 saturated carbocycles. The van der Waals surface area contributed by atoms with Gasteiger partial charge in [-0.25, -0.2) is 9.18 Å². The summed E-state index contributed by atoms with van der Waals surface area (Å²) >= 11 is 0. The molecule has 0 aromatic heterocycles. The Kier molecular flexibility index (Phi) is 5.23. The van der Waals surface area contributed by atoms with Gasteiger partial charge in [0.25, 0.3) is 5.91 Å². The summed E-state index contributed by atoms with van der Waals surface area (Å²) in [5.74, 6) is -1.38. The maximum atomic E-state index is 13.2. The van der Waals surface area contributed by atoms with Crippen molar-refractivity contribution in [1.82, 2.24) is 5.32 Å².